The second-order valence-corrected chi connectivity index (χ2v) is 9.73. The number of nitrogens with zero attached hydrogens (tertiary/aromatic N) is 1. The highest BCUT2D eigenvalue weighted by atomic mass is 32.2. The summed E-state index contributed by atoms with van der Waals surface area (Å²) in [6.45, 7) is 4.74. The van der Waals surface area contributed by atoms with Gasteiger partial charge in [0.05, 0.1) is 11.4 Å². The van der Waals surface area contributed by atoms with Gasteiger partial charge < -0.3 is 4.90 Å². The molecule has 1 aliphatic carbocycles. The highest BCUT2D eigenvalue weighted by molar-refractivity contribution is 7.89. The van der Waals surface area contributed by atoms with Crippen molar-refractivity contribution in [2.24, 2.45) is 0 Å². The maximum atomic E-state index is 12.6. The van der Waals surface area contributed by atoms with Crippen LogP contribution in [0.5, 0.6) is 0 Å². The number of fused-ring (bicyclic) bond motifs is 1. The lowest BCUT2D eigenvalue weighted by atomic mass is 9.92. The van der Waals surface area contributed by atoms with Gasteiger partial charge in [-0.15, -0.1) is 17.9 Å². The molecule has 1 heterocycles. The minimum absolute atomic E-state index is 0.0797. The summed E-state index contributed by atoms with van der Waals surface area (Å²) < 4.78 is 27.8. The van der Waals surface area contributed by atoms with Gasteiger partial charge in [0.15, 0.2) is 0 Å². The van der Waals surface area contributed by atoms with Gasteiger partial charge in [-0.25, -0.2) is 13.1 Å². The van der Waals surface area contributed by atoms with E-state index in [0.717, 1.165) is 36.1 Å². The lowest BCUT2D eigenvalue weighted by Gasteiger charge is -2.20. The zero-order valence-electron chi connectivity index (χ0n) is 15.9. The van der Waals surface area contributed by atoms with Crippen molar-refractivity contribution in [3.63, 3.8) is 0 Å². The SMILES string of the molecule is C=CCN(Cc1cccs1)C(=O)CCNS(=O)(=O)c1ccc2c(c1)CCCC2. The van der Waals surface area contributed by atoms with Gasteiger partial charge in [0, 0.05) is 24.4 Å². The molecule has 0 spiro atoms. The fraction of sp³-hybridized carbons (Fsp3) is 0.381. The highest BCUT2D eigenvalue weighted by Crippen LogP contribution is 2.24. The number of aryl methyl sites for hydroxylation is 2. The summed E-state index contributed by atoms with van der Waals surface area (Å²) in [7, 11) is -3.62. The number of nitrogens with one attached hydrogen (secondary N) is 1. The molecule has 0 atom stereocenters. The fourth-order valence-electron chi connectivity index (χ4n) is 3.41. The number of amides is 1. The Morgan fingerprint density at radius 1 is 1.21 bits per heavy atom. The third kappa shape index (κ3) is 5.31. The molecule has 1 N–H and O–H groups in total. The third-order valence-electron chi connectivity index (χ3n) is 4.89. The van der Waals surface area contributed by atoms with E-state index in [1.165, 1.54) is 5.56 Å². The van der Waals surface area contributed by atoms with Crippen molar-refractivity contribution in [3.05, 3.63) is 64.4 Å². The molecule has 150 valence electrons. The number of carbonyl (C=O) groups is 1. The molecule has 0 aliphatic heterocycles. The quantitative estimate of drug-likeness (QED) is 0.634. The summed E-state index contributed by atoms with van der Waals surface area (Å²) in [6.07, 6.45) is 6.00. The van der Waals surface area contributed by atoms with Gasteiger partial charge >= 0.3 is 0 Å². The lowest BCUT2D eigenvalue weighted by molar-refractivity contribution is -0.131. The topological polar surface area (TPSA) is 66.5 Å². The van der Waals surface area contributed by atoms with Crippen molar-refractivity contribution in [1.82, 2.24) is 9.62 Å². The standard InChI is InChI=1S/C21H26N2O3S2/c1-2-13-23(16-19-8-5-14-27-19)21(24)11-12-22-28(25,26)20-10-9-17-6-3-4-7-18(17)15-20/h2,5,8-10,14-15,22H,1,3-4,6-7,11-13,16H2. The summed E-state index contributed by atoms with van der Waals surface area (Å²) in [5.74, 6) is -0.0959. The van der Waals surface area contributed by atoms with Crippen LogP contribution < -0.4 is 4.72 Å². The van der Waals surface area contributed by atoms with Gasteiger partial charge in [-0.05, 0) is 60.4 Å². The van der Waals surface area contributed by atoms with Crippen LogP contribution in [-0.2, 0) is 34.2 Å². The Labute approximate surface area is 171 Å². The minimum Gasteiger partial charge on any atom is -0.334 e. The van der Waals surface area contributed by atoms with Crippen LogP contribution in [0.15, 0.2) is 53.3 Å². The molecule has 28 heavy (non-hydrogen) atoms. The van der Waals surface area contributed by atoms with Gasteiger partial charge in [0.25, 0.3) is 0 Å². The molecule has 2 aromatic rings. The molecular formula is C21H26N2O3S2. The number of thiophene rings is 1. The van der Waals surface area contributed by atoms with Crippen molar-refractivity contribution in [3.8, 4) is 0 Å². The molecule has 3 rings (SSSR count). The molecule has 7 heteroatoms. The highest BCUT2D eigenvalue weighted by Gasteiger charge is 2.19. The van der Waals surface area contributed by atoms with Crippen LogP contribution in [-0.4, -0.2) is 32.3 Å². The summed E-state index contributed by atoms with van der Waals surface area (Å²) in [5.41, 5.74) is 2.37. The van der Waals surface area contributed by atoms with E-state index in [4.69, 9.17) is 0 Å². The van der Waals surface area contributed by atoms with Gasteiger partial charge in [0.1, 0.15) is 0 Å². The van der Waals surface area contributed by atoms with Crippen LogP contribution in [0.25, 0.3) is 0 Å². The van der Waals surface area contributed by atoms with E-state index >= 15 is 0 Å². The van der Waals surface area contributed by atoms with E-state index in [2.05, 4.69) is 11.3 Å². The number of carbonyl (C=O) groups excluding carboxylic acids is 1. The van der Waals surface area contributed by atoms with Crippen molar-refractivity contribution in [1.29, 1.82) is 0 Å². The average Bonchev–Trinajstić information content (AvgIpc) is 3.20. The average molecular weight is 419 g/mol. The summed E-state index contributed by atoms with van der Waals surface area (Å²) in [5, 5.41) is 1.97. The molecule has 1 aliphatic rings. The first-order valence-corrected chi connectivity index (χ1v) is 11.9. The summed E-state index contributed by atoms with van der Waals surface area (Å²) >= 11 is 1.59. The minimum atomic E-state index is -3.62. The van der Waals surface area contributed by atoms with Gasteiger partial charge in [-0.1, -0.05) is 18.2 Å². The van der Waals surface area contributed by atoms with Crippen molar-refractivity contribution in [2.75, 3.05) is 13.1 Å². The maximum Gasteiger partial charge on any atom is 0.240 e. The molecule has 1 amide bonds. The van der Waals surface area contributed by atoms with E-state index in [0.29, 0.717) is 13.1 Å². The van der Waals surface area contributed by atoms with E-state index < -0.39 is 10.0 Å². The Morgan fingerprint density at radius 2 is 2.00 bits per heavy atom. The summed E-state index contributed by atoms with van der Waals surface area (Å²) in [4.78, 5) is 15.6. The molecule has 1 aromatic carbocycles. The van der Waals surface area contributed by atoms with Gasteiger partial charge in [-0.3, -0.25) is 4.79 Å². The largest absolute Gasteiger partial charge is 0.334 e. The zero-order chi connectivity index (χ0) is 20.0. The maximum absolute atomic E-state index is 12.6. The lowest BCUT2D eigenvalue weighted by Crippen LogP contribution is -2.34. The Balaban J connectivity index is 1.57. The fourth-order valence-corrected chi connectivity index (χ4v) is 5.21. The monoisotopic (exact) mass is 418 g/mol. The molecule has 0 saturated carbocycles. The van der Waals surface area contributed by atoms with E-state index in [9.17, 15) is 13.2 Å². The number of sulfonamides is 1. The van der Waals surface area contributed by atoms with Crippen LogP contribution in [0.4, 0.5) is 0 Å². The number of benzene rings is 1. The Bertz CT molecular complexity index is 921. The van der Waals surface area contributed by atoms with E-state index in [-0.39, 0.29) is 23.8 Å². The van der Waals surface area contributed by atoms with Crippen molar-refractivity contribution in [2.45, 2.75) is 43.5 Å². The second kappa shape index (κ2) is 9.49. The summed E-state index contributed by atoms with van der Waals surface area (Å²) in [6, 6.07) is 9.28. The first-order chi connectivity index (χ1) is 13.5. The van der Waals surface area contributed by atoms with Crippen LogP contribution in [0.1, 0.15) is 35.3 Å². The zero-order valence-corrected chi connectivity index (χ0v) is 17.5. The molecule has 0 bridgehead atoms. The molecule has 0 radical (unpaired) electrons. The molecule has 5 nitrogen and oxygen atoms in total. The molecule has 0 unspecified atom stereocenters. The van der Waals surface area contributed by atoms with Crippen molar-refractivity contribution < 1.29 is 13.2 Å². The molecule has 0 fully saturated rings. The number of hydrogen-bond donors (Lipinski definition) is 1. The number of rotatable bonds is 9. The van der Waals surface area contributed by atoms with Crippen LogP contribution in [0.3, 0.4) is 0 Å². The Kier molecular flexibility index (Phi) is 7.04. The second-order valence-electron chi connectivity index (χ2n) is 6.93. The first-order valence-electron chi connectivity index (χ1n) is 9.52. The van der Waals surface area contributed by atoms with Gasteiger partial charge in [-0.2, -0.15) is 0 Å². The normalized spacial score (nSPS) is 13.7. The first kappa shape index (κ1) is 20.8. The predicted molar refractivity (Wildman–Crippen MR) is 113 cm³/mol. The Morgan fingerprint density at radius 3 is 2.71 bits per heavy atom. The molecular weight excluding hydrogens is 392 g/mol. The van der Waals surface area contributed by atoms with Crippen LogP contribution in [0, 0.1) is 0 Å². The van der Waals surface area contributed by atoms with Crippen LogP contribution >= 0.6 is 11.3 Å². The van der Waals surface area contributed by atoms with E-state index in [1.807, 2.05) is 23.6 Å². The van der Waals surface area contributed by atoms with E-state index in [1.54, 1.807) is 34.4 Å². The molecule has 0 saturated heterocycles. The smallest absolute Gasteiger partial charge is 0.240 e. The van der Waals surface area contributed by atoms with Gasteiger partial charge in [0.2, 0.25) is 15.9 Å². The number of hydrogen-bond acceptors (Lipinski definition) is 4. The third-order valence-corrected chi connectivity index (χ3v) is 7.21. The Hall–Kier alpha value is -1.96. The predicted octanol–water partition coefficient (Wildman–Crippen LogP) is 3.51. The van der Waals surface area contributed by atoms with Crippen molar-refractivity contribution >= 4 is 27.3 Å². The van der Waals surface area contributed by atoms with Crippen LogP contribution in [0.2, 0.25) is 0 Å². The molecule has 1 aromatic heterocycles.